The smallest absolute Gasteiger partial charge is 0.127 e. The Hall–Kier alpha value is -5.48. The number of hydrogen-bond donors (Lipinski definition) is 0. The van der Waals surface area contributed by atoms with E-state index in [1.807, 2.05) is 60.7 Å². The van der Waals surface area contributed by atoms with Crippen LogP contribution in [0.4, 0.5) is 22.7 Å². The summed E-state index contributed by atoms with van der Waals surface area (Å²) in [6.45, 7) is 18.2. The molecule has 0 N–H and O–H groups in total. The monoisotopic (exact) mass is 686 g/mol. The van der Waals surface area contributed by atoms with Crippen LogP contribution in [0.15, 0.2) is 133 Å². The minimum absolute atomic E-state index is 0.250. The molecule has 0 bridgehead atoms. The van der Waals surface area contributed by atoms with Crippen LogP contribution in [0, 0.1) is 0 Å². The molecule has 6 aromatic carbocycles. The summed E-state index contributed by atoms with van der Waals surface area (Å²) in [5.74, 6) is 4.05. The summed E-state index contributed by atoms with van der Waals surface area (Å²) in [5.41, 5.74) is 12.3. The lowest BCUT2D eigenvalue weighted by molar-refractivity contribution is 0.481. The Labute approximate surface area is 310 Å². The predicted molar refractivity (Wildman–Crippen MR) is 220 cm³/mol. The van der Waals surface area contributed by atoms with E-state index < -0.39 is 0 Å². The first-order valence-corrected chi connectivity index (χ1v) is 18.7. The molecule has 0 saturated carbocycles. The zero-order valence-corrected chi connectivity index (χ0v) is 31.7. The Bertz CT molecular complexity index is 2010. The van der Waals surface area contributed by atoms with Crippen molar-refractivity contribution in [2.75, 3.05) is 9.80 Å². The van der Waals surface area contributed by atoms with Gasteiger partial charge in [0.1, 0.15) is 23.0 Å². The zero-order valence-electron chi connectivity index (χ0n) is 31.7. The van der Waals surface area contributed by atoms with Crippen molar-refractivity contribution in [3.8, 4) is 45.3 Å². The maximum atomic E-state index is 6.25. The van der Waals surface area contributed by atoms with Crippen molar-refractivity contribution in [3.63, 3.8) is 0 Å². The van der Waals surface area contributed by atoms with Crippen LogP contribution in [0.2, 0.25) is 0 Å². The number of anilines is 4. The average molecular weight is 687 g/mol. The van der Waals surface area contributed by atoms with Crippen molar-refractivity contribution in [3.05, 3.63) is 145 Å². The molecule has 52 heavy (non-hydrogen) atoms. The normalized spacial score (nSPS) is 12.5. The Kier molecular flexibility index (Phi) is 9.83. The molecule has 0 radical (unpaired) electrons. The maximum absolute atomic E-state index is 6.25. The molecule has 0 spiro atoms. The van der Waals surface area contributed by atoms with Crippen molar-refractivity contribution in [2.24, 2.45) is 0 Å². The van der Waals surface area contributed by atoms with Gasteiger partial charge in [-0.1, -0.05) is 88.4 Å². The summed E-state index contributed by atoms with van der Waals surface area (Å²) in [5, 5.41) is 0. The predicted octanol–water partition coefficient (Wildman–Crippen LogP) is 14.3. The van der Waals surface area contributed by atoms with Gasteiger partial charge in [-0.2, -0.15) is 0 Å². The van der Waals surface area contributed by atoms with Gasteiger partial charge in [0.25, 0.3) is 0 Å². The van der Waals surface area contributed by atoms with Gasteiger partial charge in [-0.25, -0.2) is 0 Å². The van der Waals surface area contributed by atoms with Gasteiger partial charge in [0.05, 0.1) is 22.7 Å². The van der Waals surface area contributed by atoms with E-state index >= 15 is 0 Å². The Morgan fingerprint density at radius 3 is 1.10 bits per heavy atom. The molecular formula is C48H50N2O2. The van der Waals surface area contributed by atoms with Gasteiger partial charge in [0.15, 0.2) is 0 Å². The highest BCUT2D eigenvalue weighted by molar-refractivity contribution is 5.97. The topological polar surface area (TPSA) is 24.9 Å². The number of hydrogen-bond acceptors (Lipinski definition) is 4. The van der Waals surface area contributed by atoms with Gasteiger partial charge in [-0.05, 0) is 146 Å². The summed E-state index contributed by atoms with van der Waals surface area (Å²) in [7, 11) is 0. The largest absolute Gasteiger partial charge is 0.457 e. The highest BCUT2D eigenvalue weighted by atomic mass is 16.5. The average Bonchev–Trinajstić information content (AvgIpc) is 3.13. The lowest BCUT2D eigenvalue weighted by atomic mass is 9.90. The van der Waals surface area contributed by atoms with E-state index in [-0.39, 0.29) is 12.1 Å². The molecule has 6 aromatic rings. The number of fused-ring (bicyclic) bond motifs is 2. The van der Waals surface area contributed by atoms with Gasteiger partial charge in [0.2, 0.25) is 0 Å². The van der Waals surface area contributed by atoms with E-state index in [1.165, 1.54) is 56.1 Å². The highest BCUT2D eigenvalue weighted by Gasteiger charge is 2.32. The van der Waals surface area contributed by atoms with Crippen molar-refractivity contribution >= 4 is 22.7 Å². The van der Waals surface area contributed by atoms with Gasteiger partial charge in [0, 0.05) is 12.1 Å². The zero-order chi connectivity index (χ0) is 36.5. The fourth-order valence-corrected chi connectivity index (χ4v) is 7.49. The second-order valence-electron chi connectivity index (χ2n) is 15.0. The molecule has 1 heterocycles. The van der Waals surface area contributed by atoms with Crippen molar-refractivity contribution in [1.29, 1.82) is 0 Å². The summed E-state index contributed by atoms with van der Waals surface area (Å²) in [4.78, 5) is 5.03. The van der Waals surface area contributed by atoms with Crippen LogP contribution in [-0.2, 0) is 0 Å². The third-order valence-electron chi connectivity index (χ3n) is 9.89. The highest BCUT2D eigenvalue weighted by Crippen LogP contribution is 2.52. The van der Waals surface area contributed by atoms with E-state index in [1.54, 1.807) is 0 Å². The molecule has 0 saturated heterocycles. The lowest BCUT2D eigenvalue weighted by Crippen LogP contribution is -2.36. The molecule has 1 aliphatic rings. The standard InChI is InChI=1S/C48H50N2O2/c1-31(2)43-29-39(51-37-15-11-9-12-16-37)21-23-41(43)35-19-25-45-47(27-35)49(33(5)6)46-26-20-36(28-48(46)50(45)34(7)8)42-24-22-40(30-44(42)32(3)4)52-38-17-13-10-14-18-38/h9-34H,1-8H3. The first-order valence-electron chi connectivity index (χ1n) is 18.7. The van der Waals surface area contributed by atoms with Crippen LogP contribution in [0.3, 0.4) is 0 Å². The number of nitrogens with zero attached hydrogens (tertiary/aromatic N) is 2. The van der Waals surface area contributed by atoms with Gasteiger partial charge in [-0.15, -0.1) is 0 Å². The molecule has 264 valence electrons. The van der Waals surface area contributed by atoms with Gasteiger partial charge in [-0.3, -0.25) is 0 Å². The van der Waals surface area contributed by atoms with Gasteiger partial charge < -0.3 is 19.3 Å². The second kappa shape index (κ2) is 14.6. The molecule has 1 aliphatic heterocycles. The fraction of sp³-hybridized carbons (Fsp3) is 0.250. The summed E-state index contributed by atoms with van der Waals surface area (Å²) in [6, 6.07) is 47.6. The SMILES string of the molecule is CC(C)c1cc(Oc2ccccc2)ccc1-c1ccc2c(c1)N(C(C)C)c1ccc(-c3ccc(Oc4ccccc4)cc3C(C)C)cc1N2C(C)C. The van der Waals surface area contributed by atoms with Crippen LogP contribution in [-0.4, -0.2) is 12.1 Å². The molecule has 4 heteroatoms. The van der Waals surface area contributed by atoms with Crippen LogP contribution in [0.5, 0.6) is 23.0 Å². The molecule has 0 unspecified atom stereocenters. The molecule has 0 fully saturated rings. The van der Waals surface area contributed by atoms with Crippen LogP contribution >= 0.6 is 0 Å². The molecule has 0 atom stereocenters. The molecule has 0 aliphatic carbocycles. The number of para-hydroxylation sites is 2. The molecule has 0 amide bonds. The fourth-order valence-electron chi connectivity index (χ4n) is 7.49. The first-order chi connectivity index (χ1) is 25.1. The Morgan fingerprint density at radius 2 is 0.750 bits per heavy atom. The van der Waals surface area contributed by atoms with E-state index in [2.05, 4.69) is 138 Å². The van der Waals surface area contributed by atoms with E-state index in [0.29, 0.717) is 11.8 Å². The lowest BCUT2D eigenvalue weighted by Gasteiger charge is -2.44. The van der Waals surface area contributed by atoms with Crippen LogP contribution in [0.1, 0.15) is 78.4 Å². The maximum Gasteiger partial charge on any atom is 0.127 e. The van der Waals surface area contributed by atoms with E-state index in [0.717, 1.165) is 23.0 Å². The van der Waals surface area contributed by atoms with Gasteiger partial charge >= 0.3 is 0 Å². The minimum Gasteiger partial charge on any atom is -0.457 e. The minimum atomic E-state index is 0.250. The molecular weight excluding hydrogens is 637 g/mol. The summed E-state index contributed by atoms with van der Waals surface area (Å²) < 4.78 is 12.5. The molecule has 0 aromatic heterocycles. The quantitative estimate of drug-likeness (QED) is 0.143. The summed E-state index contributed by atoms with van der Waals surface area (Å²) in [6.07, 6.45) is 0. The Morgan fingerprint density at radius 1 is 0.365 bits per heavy atom. The number of rotatable bonds is 10. The van der Waals surface area contributed by atoms with Crippen LogP contribution < -0.4 is 19.3 Å². The molecule has 7 rings (SSSR count). The van der Waals surface area contributed by atoms with E-state index in [9.17, 15) is 0 Å². The van der Waals surface area contributed by atoms with Crippen molar-refractivity contribution in [2.45, 2.75) is 79.3 Å². The first kappa shape index (κ1) is 34.9. The van der Waals surface area contributed by atoms with E-state index in [4.69, 9.17) is 9.47 Å². The molecule has 4 nitrogen and oxygen atoms in total. The van der Waals surface area contributed by atoms with Crippen molar-refractivity contribution < 1.29 is 9.47 Å². The number of benzene rings is 6. The third kappa shape index (κ3) is 6.90. The third-order valence-corrected chi connectivity index (χ3v) is 9.89. The number of ether oxygens (including phenoxy) is 2. The van der Waals surface area contributed by atoms with Crippen molar-refractivity contribution in [1.82, 2.24) is 0 Å². The summed E-state index contributed by atoms with van der Waals surface area (Å²) >= 11 is 0. The Balaban J connectivity index is 1.29. The van der Waals surface area contributed by atoms with Crippen LogP contribution in [0.25, 0.3) is 22.3 Å². The second-order valence-corrected chi connectivity index (χ2v) is 15.0.